The molecule has 0 bridgehead atoms. The van der Waals surface area contributed by atoms with Crippen LogP contribution in [0.1, 0.15) is 26.2 Å². The number of carbonyl (C=O) groups is 1. The average Bonchev–Trinajstić information content (AvgIpc) is 2.82. The molecule has 0 saturated carbocycles. The molecule has 6 heteroatoms. The second-order valence-corrected chi connectivity index (χ2v) is 5.66. The molecule has 0 aromatic carbocycles. The van der Waals surface area contributed by atoms with E-state index in [1.807, 2.05) is 7.05 Å². The smallest absolute Gasteiger partial charge is 0.319 e. The van der Waals surface area contributed by atoms with Gasteiger partial charge in [-0.2, -0.15) is 5.10 Å². The first kappa shape index (κ1) is 14.8. The summed E-state index contributed by atoms with van der Waals surface area (Å²) in [4.78, 5) is 14.1. The molecule has 2 amide bonds. The fourth-order valence-electron chi connectivity index (χ4n) is 2.45. The maximum Gasteiger partial charge on any atom is 0.319 e. The van der Waals surface area contributed by atoms with Gasteiger partial charge in [0, 0.05) is 19.8 Å². The van der Waals surface area contributed by atoms with Gasteiger partial charge in [-0.1, -0.05) is 6.92 Å². The minimum atomic E-state index is -0.162. The Morgan fingerprint density at radius 1 is 1.45 bits per heavy atom. The van der Waals surface area contributed by atoms with E-state index in [2.05, 4.69) is 27.6 Å². The Hall–Kier alpha value is -1.56. The first-order valence-corrected chi connectivity index (χ1v) is 7.39. The predicted octanol–water partition coefficient (Wildman–Crippen LogP) is 1.66. The molecule has 1 aromatic rings. The summed E-state index contributed by atoms with van der Waals surface area (Å²) in [6.45, 7) is 6.49. The summed E-state index contributed by atoms with van der Waals surface area (Å²) in [7, 11) is 1.82. The van der Waals surface area contributed by atoms with Gasteiger partial charge in [0.1, 0.15) is 0 Å². The minimum absolute atomic E-state index is 0.162. The summed E-state index contributed by atoms with van der Waals surface area (Å²) in [6.07, 6.45) is 7.00. The van der Waals surface area contributed by atoms with E-state index in [0.29, 0.717) is 6.54 Å². The van der Waals surface area contributed by atoms with Crippen LogP contribution in [0.2, 0.25) is 0 Å². The molecule has 2 N–H and O–H groups in total. The Balaban J connectivity index is 1.55. The van der Waals surface area contributed by atoms with Crippen molar-refractivity contribution >= 4 is 11.7 Å². The quantitative estimate of drug-likeness (QED) is 0.806. The molecule has 112 valence electrons. The van der Waals surface area contributed by atoms with Gasteiger partial charge in [-0.25, -0.2) is 4.79 Å². The highest BCUT2D eigenvalue weighted by Crippen LogP contribution is 2.15. The van der Waals surface area contributed by atoms with Crippen LogP contribution < -0.4 is 10.6 Å². The highest BCUT2D eigenvalue weighted by Gasteiger charge is 2.14. The van der Waals surface area contributed by atoms with Gasteiger partial charge in [-0.3, -0.25) is 4.68 Å². The number of rotatable bonds is 5. The lowest BCUT2D eigenvalue weighted by atomic mass is 9.99. The standard InChI is InChI=1S/C14H25N5O/c1-12-4-8-19(9-5-12)7-3-6-15-14(20)17-13-10-16-18(2)11-13/h10-12H,3-9H2,1-2H3,(H2,15,17,20). The molecule has 0 spiro atoms. The van der Waals surface area contributed by atoms with Crippen molar-refractivity contribution in [3.05, 3.63) is 12.4 Å². The maximum atomic E-state index is 11.6. The zero-order valence-electron chi connectivity index (χ0n) is 12.4. The summed E-state index contributed by atoms with van der Waals surface area (Å²) in [5.41, 5.74) is 0.718. The molecule has 6 nitrogen and oxygen atoms in total. The van der Waals surface area contributed by atoms with Gasteiger partial charge in [0.15, 0.2) is 0 Å². The lowest BCUT2D eigenvalue weighted by Crippen LogP contribution is -2.36. The van der Waals surface area contributed by atoms with Crippen LogP contribution in [-0.2, 0) is 7.05 Å². The Bertz CT molecular complexity index is 423. The molecule has 2 heterocycles. The summed E-state index contributed by atoms with van der Waals surface area (Å²) in [5.74, 6) is 0.870. The van der Waals surface area contributed by atoms with Gasteiger partial charge < -0.3 is 15.5 Å². The third-order valence-corrected chi connectivity index (χ3v) is 3.78. The molecule has 0 aliphatic carbocycles. The summed E-state index contributed by atoms with van der Waals surface area (Å²) in [6, 6.07) is -0.162. The minimum Gasteiger partial charge on any atom is -0.338 e. The highest BCUT2D eigenvalue weighted by molar-refractivity contribution is 5.88. The average molecular weight is 279 g/mol. The molecule has 0 unspecified atom stereocenters. The first-order valence-electron chi connectivity index (χ1n) is 7.39. The van der Waals surface area contributed by atoms with Crippen LogP contribution in [0.25, 0.3) is 0 Å². The second kappa shape index (κ2) is 7.28. The predicted molar refractivity (Wildman–Crippen MR) is 79.7 cm³/mol. The van der Waals surface area contributed by atoms with E-state index in [0.717, 1.165) is 24.6 Å². The summed E-state index contributed by atoms with van der Waals surface area (Å²) in [5, 5.41) is 9.64. The van der Waals surface area contributed by atoms with Crippen LogP contribution in [0.4, 0.5) is 10.5 Å². The van der Waals surface area contributed by atoms with Gasteiger partial charge in [0.05, 0.1) is 11.9 Å². The van der Waals surface area contributed by atoms with Crippen molar-refractivity contribution in [2.45, 2.75) is 26.2 Å². The fraction of sp³-hybridized carbons (Fsp3) is 0.714. The normalized spacial score (nSPS) is 17.1. The first-order chi connectivity index (χ1) is 9.63. The van der Waals surface area contributed by atoms with Crippen molar-refractivity contribution in [1.29, 1.82) is 0 Å². The molecule has 0 atom stereocenters. The van der Waals surface area contributed by atoms with Crippen molar-refractivity contribution in [3.63, 3.8) is 0 Å². The summed E-state index contributed by atoms with van der Waals surface area (Å²) >= 11 is 0. The molecular weight excluding hydrogens is 254 g/mol. The van der Waals surface area contributed by atoms with Crippen LogP contribution in [0.3, 0.4) is 0 Å². The lowest BCUT2D eigenvalue weighted by Gasteiger charge is -2.30. The van der Waals surface area contributed by atoms with Crippen LogP contribution in [0.5, 0.6) is 0 Å². The number of aromatic nitrogens is 2. The number of urea groups is 1. The van der Waals surface area contributed by atoms with Crippen LogP contribution in [-0.4, -0.2) is 46.9 Å². The monoisotopic (exact) mass is 279 g/mol. The van der Waals surface area contributed by atoms with E-state index in [-0.39, 0.29) is 6.03 Å². The SMILES string of the molecule is CC1CCN(CCCNC(=O)Nc2cnn(C)c2)CC1. The number of aryl methyl sites for hydroxylation is 1. The van der Waals surface area contributed by atoms with Crippen LogP contribution >= 0.6 is 0 Å². The number of likely N-dealkylation sites (tertiary alicyclic amines) is 1. The third-order valence-electron chi connectivity index (χ3n) is 3.78. The Kier molecular flexibility index (Phi) is 5.40. The number of amides is 2. The number of nitrogens with one attached hydrogen (secondary N) is 2. The van der Waals surface area contributed by atoms with Crippen molar-refractivity contribution in [1.82, 2.24) is 20.0 Å². The van der Waals surface area contributed by atoms with Gasteiger partial charge in [-0.05, 0) is 44.8 Å². The van der Waals surface area contributed by atoms with Crippen LogP contribution in [0.15, 0.2) is 12.4 Å². The van der Waals surface area contributed by atoms with E-state index < -0.39 is 0 Å². The van der Waals surface area contributed by atoms with Gasteiger partial charge in [-0.15, -0.1) is 0 Å². The zero-order chi connectivity index (χ0) is 14.4. The third kappa shape index (κ3) is 4.85. The number of nitrogens with zero attached hydrogens (tertiary/aromatic N) is 3. The number of hydrogen-bond donors (Lipinski definition) is 2. The number of carbonyl (C=O) groups excluding carboxylic acids is 1. The van der Waals surface area contributed by atoms with Gasteiger partial charge in [0.25, 0.3) is 0 Å². The van der Waals surface area contributed by atoms with E-state index in [1.165, 1.54) is 25.9 Å². The number of hydrogen-bond acceptors (Lipinski definition) is 3. The van der Waals surface area contributed by atoms with E-state index in [9.17, 15) is 4.79 Å². The van der Waals surface area contributed by atoms with Crippen LogP contribution in [0, 0.1) is 5.92 Å². The van der Waals surface area contributed by atoms with E-state index >= 15 is 0 Å². The van der Waals surface area contributed by atoms with Crippen molar-refractivity contribution in [2.75, 3.05) is 31.5 Å². The van der Waals surface area contributed by atoms with Crippen molar-refractivity contribution < 1.29 is 4.79 Å². The number of anilines is 1. The van der Waals surface area contributed by atoms with Gasteiger partial charge in [0.2, 0.25) is 0 Å². The molecule has 0 radical (unpaired) electrons. The molecule has 1 saturated heterocycles. The molecule has 1 aliphatic heterocycles. The molecule has 1 aromatic heterocycles. The maximum absolute atomic E-state index is 11.6. The molecule has 1 fully saturated rings. The highest BCUT2D eigenvalue weighted by atomic mass is 16.2. The van der Waals surface area contributed by atoms with Gasteiger partial charge >= 0.3 is 6.03 Å². The Morgan fingerprint density at radius 3 is 2.85 bits per heavy atom. The van der Waals surface area contributed by atoms with E-state index in [1.54, 1.807) is 17.1 Å². The lowest BCUT2D eigenvalue weighted by molar-refractivity contribution is 0.190. The summed E-state index contributed by atoms with van der Waals surface area (Å²) < 4.78 is 1.66. The molecule has 1 aliphatic rings. The molecular formula is C14H25N5O. The molecule has 2 rings (SSSR count). The zero-order valence-corrected chi connectivity index (χ0v) is 12.4. The largest absolute Gasteiger partial charge is 0.338 e. The molecule has 20 heavy (non-hydrogen) atoms. The van der Waals surface area contributed by atoms with E-state index in [4.69, 9.17) is 0 Å². The van der Waals surface area contributed by atoms with Crippen molar-refractivity contribution in [3.8, 4) is 0 Å². The van der Waals surface area contributed by atoms with Crippen molar-refractivity contribution in [2.24, 2.45) is 13.0 Å². The number of piperidine rings is 1. The Labute approximate surface area is 120 Å². The Morgan fingerprint density at radius 2 is 2.20 bits per heavy atom. The second-order valence-electron chi connectivity index (χ2n) is 5.66. The fourth-order valence-corrected chi connectivity index (χ4v) is 2.45. The topological polar surface area (TPSA) is 62.2 Å².